The van der Waals surface area contributed by atoms with E-state index in [1.807, 2.05) is 0 Å². The van der Waals surface area contributed by atoms with Crippen LogP contribution in [0.25, 0.3) is 0 Å². The lowest BCUT2D eigenvalue weighted by atomic mass is 10.1. The molecule has 0 spiro atoms. The van der Waals surface area contributed by atoms with Gasteiger partial charge in [-0.05, 0) is 17.7 Å². The predicted octanol–water partition coefficient (Wildman–Crippen LogP) is 2.26. The molecule has 1 atom stereocenters. The van der Waals surface area contributed by atoms with Crippen LogP contribution in [0, 0.1) is 0 Å². The molecule has 0 bridgehead atoms. The van der Waals surface area contributed by atoms with Crippen molar-refractivity contribution >= 4 is 28.8 Å². The van der Waals surface area contributed by atoms with Crippen molar-refractivity contribution < 1.29 is 9.90 Å². The summed E-state index contributed by atoms with van der Waals surface area (Å²) < 4.78 is 0. The van der Waals surface area contributed by atoms with Crippen LogP contribution in [-0.4, -0.2) is 22.6 Å². The normalized spacial score (nSPS) is 12.1. The second kappa shape index (κ2) is 5.95. The summed E-state index contributed by atoms with van der Waals surface area (Å²) in [6.45, 7) is -0.183. The predicted molar refractivity (Wildman–Crippen MR) is 70.9 cm³/mol. The molecule has 2 rings (SSSR count). The quantitative estimate of drug-likeness (QED) is 0.904. The van der Waals surface area contributed by atoms with Crippen LogP contribution in [0.2, 0.25) is 5.02 Å². The number of rotatable bonds is 4. The number of carbonyl (C=O) groups is 1. The van der Waals surface area contributed by atoms with Crippen LogP contribution in [0.1, 0.15) is 22.1 Å². The van der Waals surface area contributed by atoms with E-state index in [1.165, 1.54) is 11.3 Å². The minimum absolute atomic E-state index is 0.183. The lowest BCUT2D eigenvalue weighted by Gasteiger charge is -2.16. The summed E-state index contributed by atoms with van der Waals surface area (Å²) in [5, 5.41) is 14.3. The first-order valence-electron chi connectivity index (χ1n) is 5.26. The van der Waals surface area contributed by atoms with E-state index in [-0.39, 0.29) is 12.5 Å². The Morgan fingerprint density at radius 1 is 1.44 bits per heavy atom. The van der Waals surface area contributed by atoms with Crippen molar-refractivity contribution in [2.45, 2.75) is 6.04 Å². The minimum Gasteiger partial charge on any atom is -0.394 e. The first-order chi connectivity index (χ1) is 8.70. The molecule has 1 amide bonds. The molecule has 2 aromatic rings. The molecule has 0 radical (unpaired) electrons. The highest BCUT2D eigenvalue weighted by molar-refractivity contribution is 7.07. The average Bonchev–Trinajstić information content (AvgIpc) is 2.91. The molecular formula is C12H11ClN2O2S. The highest BCUT2D eigenvalue weighted by Crippen LogP contribution is 2.16. The van der Waals surface area contributed by atoms with Crippen LogP contribution in [-0.2, 0) is 0 Å². The molecule has 2 N–H and O–H groups in total. The molecule has 6 heteroatoms. The van der Waals surface area contributed by atoms with E-state index in [2.05, 4.69) is 10.3 Å². The molecule has 0 fully saturated rings. The molecule has 4 nitrogen and oxygen atoms in total. The van der Waals surface area contributed by atoms with Crippen molar-refractivity contribution in [3.05, 3.63) is 51.4 Å². The zero-order valence-corrected chi connectivity index (χ0v) is 10.9. The van der Waals surface area contributed by atoms with Crippen molar-refractivity contribution in [3.8, 4) is 0 Å². The molecule has 18 heavy (non-hydrogen) atoms. The number of carbonyl (C=O) groups excluding carboxylic acids is 1. The zero-order chi connectivity index (χ0) is 13.0. The third-order valence-electron chi connectivity index (χ3n) is 2.43. The summed E-state index contributed by atoms with van der Waals surface area (Å²) in [5.41, 5.74) is 2.74. The molecule has 1 aromatic carbocycles. The second-order valence-electron chi connectivity index (χ2n) is 3.63. The summed E-state index contributed by atoms with van der Waals surface area (Å²) in [6.07, 6.45) is 0. The number of aliphatic hydroxyl groups is 1. The molecule has 1 unspecified atom stereocenters. The Balaban J connectivity index is 2.10. The van der Waals surface area contributed by atoms with E-state index in [0.29, 0.717) is 10.7 Å². The van der Waals surface area contributed by atoms with Gasteiger partial charge in [0.05, 0.1) is 18.2 Å². The smallest absolute Gasteiger partial charge is 0.271 e. The van der Waals surface area contributed by atoms with Crippen LogP contribution in [0.15, 0.2) is 35.2 Å². The number of nitrogens with zero attached hydrogens (tertiary/aromatic N) is 1. The van der Waals surface area contributed by atoms with Crippen LogP contribution in [0.4, 0.5) is 0 Å². The van der Waals surface area contributed by atoms with Crippen molar-refractivity contribution in [2.24, 2.45) is 0 Å². The Bertz CT molecular complexity index is 513. The van der Waals surface area contributed by atoms with Gasteiger partial charge in [-0.2, -0.15) is 0 Å². The molecule has 0 aliphatic rings. The lowest BCUT2D eigenvalue weighted by molar-refractivity contribution is 0.0912. The van der Waals surface area contributed by atoms with E-state index in [4.69, 9.17) is 11.6 Å². The van der Waals surface area contributed by atoms with E-state index in [9.17, 15) is 9.90 Å². The van der Waals surface area contributed by atoms with E-state index in [0.717, 1.165) is 5.56 Å². The van der Waals surface area contributed by atoms with Crippen LogP contribution in [0.5, 0.6) is 0 Å². The maximum atomic E-state index is 11.8. The molecule has 94 valence electrons. The van der Waals surface area contributed by atoms with Gasteiger partial charge in [-0.25, -0.2) is 4.98 Å². The standard InChI is InChI=1S/C12H11ClN2O2S/c13-9-3-1-8(2-4-9)10(5-16)15-12(17)11-6-18-7-14-11/h1-4,6-7,10,16H,5H2,(H,15,17). The Morgan fingerprint density at radius 2 is 2.17 bits per heavy atom. The molecule has 0 aliphatic carbocycles. The Hall–Kier alpha value is -1.43. The first-order valence-corrected chi connectivity index (χ1v) is 6.58. The van der Waals surface area contributed by atoms with Gasteiger partial charge in [0, 0.05) is 10.4 Å². The Morgan fingerprint density at radius 3 is 2.72 bits per heavy atom. The first kappa shape index (κ1) is 13.0. The number of thiazole rings is 1. The van der Waals surface area contributed by atoms with Gasteiger partial charge in [-0.3, -0.25) is 4.79 Å². The summed E-state index contributed by atoms with van der Waals surface area (Å²) in [5.74, 6) is -0.301. The van der Waals surface area contributed by atoms with Gasteiger partial charge in [0.2, 0.25) is 0 Å². The highest BCUT2D eigenvalue weighted by atomic mass is 35.5. The zero-order valence-electron chi connectivity index (χ0n) is 9.34. The van der Waals surface area contributed by atoms with Gasteiger partial charge in [-0.15, -0.1) is 11.3 Å². The monoisotopic (exact) mass is 282 g/mol. The third-order valence-corrected chi connectivity index (χ3v) is 3.26. The third kappa shape index (κ3) is 3.07. The summed E-state index contributed by atoms with van der Waals surface area (Å²) in [7, 11) is 0. The Kier molecular flexibility index (Phi) is 4.30. The SMILES string of the molecule is O=C(NC(CO)c1ccc(Cl)cc1)c1cscn1. The number of benzene rings is 1. The number of aromatic nitrogens is 1. The Labute approximate surface area is 113 Å². The number of halogens is 1. The summed E-state index contributed by atoms with van der Waals surface area (Å²) in [6, 6.07) is 6.51. The fourth-order valence-electron chi connectivity index (χ4n) is 1.49. The van der Waals surface area contributed by atoms with E-state index >= 15 is 0 Å². The van der Waals surface area contributed by atoms with Crippen molar-refractivity contribution in [3.63, 3.8) is 0 Å². The fourth-order valence-corrected chi connectivity index (χ4v) is 2.14. The molecule has 0 aliphatic heterocycles. The minimum atomic E-state index is -0.462. The van der Waals surface area contributed by atoms with Gasteiger partial charge < -0.3 is 10.4 Å². The lowest BCUT2D eigenvalue weighted by Crippen LogP contribution is -2.30. The number of amides is 1. The summed E-state index contributed by atoms with van der Waals surface area (Å²) >= 11 is 7.14. The van der Waals surface area contributed by atoms with Crippen molar-refractivity contribution in [1.82, 2.24) is 10.3 Å². The maximum absolute atomic E-state index is 11.8. The maximum Gasteiger partial charge on any atom is 0.271 e. The van der Waals surface area contributed by atoms with Gasteiger partial charge in [0.25, 0.3) is 5.91 Å². The van der Waals surface area contributed by atoms with Crippen molar-refractivity contribution in [2.75, 3.05) is 6.61 Å². The topological polar surface area (TPSA) is 62.2 Å². The number of nitrogens with one attached hydrogen (secondary N) is 1. The fraction of sp³-hybridized carbons (Fsp3) is 0.167. The van der Waals surface area contributed by atoms with E-state index < -0.39 is 6.04 Å². The van der Waals surface area contributed by atoms with Gasteiger partial charge in [-0.1, -0.05) is 23.7 Å². The van der Waals surface area contributed by atoms with Gasteiger partial charge in [0.15, 0.2) is 0 Å². The summed E-state index contributed by atoms with van der Waals surface area (Å²) in [4.78, 5) is 15.7. The van der Waals surface area contributed by atoms with Gasteiger partial charge >= 0.3 is 0 Å². The molecular weight excluding hydrogens is 272 g/mol. The molecule has 1 heterocycles. The highest BCUT2D eigenvalue weighted by Gasteiger charge is 2.15. The average molecular weight is 283 g/mol. The van der Waals surface area contributed by atoms with Gasteiger partial charge in [0.1, 0.15) is 5.69 Å². The van der Waals surface area contributed by atoms with Crippen molar-refractivity contribution in [1.29, 1.82) is 0 Å². The second-order valence-corrected chi connectivity index (χ2v) is 4.79. The number of hydrogen-bond donors (Lipinski definition) is 2. The molecule has 0 saturated carbocycles. The molecule has 1 aromatic heterocycles. The van der Waals surface area contributed by atoms with Crippen LogP contribution >= 0.6 is 22.9 Å². The van der Waals surface area contributed by atoms with Crippen LogP contribution in [0.3, 0.4) is 0 Å². The van der Waals surface area contributed by atoms with Crippen LogP contribution < -0.4 is 5.32 Å². The largest absolute Gasteiger partial charge is 0.394 e. The van der Waals surface area contributed by atoms with E-state index in [1.54, 1.807) is 35.2 Å². The number of aliphatic hydroxyl groups excluding tert-OH is 1. The number of hydrogen-bond acceptors (Lipinski definition) is 4. The molecule has 0 saturated heterocycles.